The first-order chi connectivity index (χ1) is 8.75. The van der Waals surface area contributed by atoms with Gasteiger partial charge in [0, 0.05) is 31.0 Å². The van der Waals surface area contributed by atoms with Crippen molar-refractivity contribution in [1.29, 1.82) is 0 Å². The second kappa shape index (κ2) is 6.26. The monoisotopic (exact) mass is 251 g/mol. The number of hydrogen-bond acceptors (Lipinski definition) is 2. The summed E-state index contributed by atoms with van der Waals surface area (Å²) in [6.07, 6.45) is 6.29. The Hall–Kier alpha value is -1.75. The molecule has 3 nitrogen and oxygen atoms in total. The zero-order valence-electron chi connectivity index (χ0n) is 9.94. The van der Waals surface area contributed by atoms with Crippen molar-refractivity contribution in [3.63, 3.8) is 0 Å². The Bertz CT molecular complexity index is 483. The topological polar surface area (TPSA) is 29.9 Å². The molecule has 0 aliphatic heterocycles. The summed E-state index contributed by atoms with van der Waals surface area (Å²) in [6, 6.07) is 3.49. The van der Waals surface area contributed by atoms with E-state index in [-0.39, 0.29) is 5.82 Å². The molecule has 0 amide bonds. The summed E-state index contributed by atoms with van der Waals surface area (Å²) in [7, 11) is 0. The van der Waals surface area contributed by atoms with Crippen molar-refractivity contribution in [2.45, 2.75) is 19.5 Å². The minimum Gasteiger partial charge on any atom is -0.337 e. The van der Waals surface area contributed by atoms with Crippen molar-refractivity contribution < 1.29 is 8.78 Å². The Labute approximate surface area is 104 Å². The maximum Gasteiger partial charge on any atom is 0.127 e. The number of aryl methyl sites for hydroxylation is 1. The number of nitrogens with one attached hydrogen (secondary N) is 1. The van der Waals surface area contributed by atoms with Crippen LogP contribution in [0.2, 0.25) is 0 Å². The van der Waals surface area contributed by atoms with Crippen LogP contribution >= 0.6 is 0 Å². The summed E-state index contributed by atoms with van der Waals surface area (Å²) in [5.74, 6) is -0.787. The third kappa shape index (κ3) is 3.63. The lowest BCUT2D eigenvalue weighted by Gasteiger charge is -2.06. The Balaban J connectivity index is 1.70. The standard InChI is InChI=1S/C13H15F2N3/c14-12-2-3-13(15)11(8-12)9-16-4-1-6-18-7-5-17-10-18/h2-3,5,7-8,10,16H,1,4,6,9H2. The lowest BCUT2D eigenvalue weighted by Crippen LogP contribution is -2.17. The summed E-state index contributed by atoms with van der Waals surface area (Å²) in [5.41, 5.74) is 0.359. The highest BCUT2D eigenvalue weighted by Gasteiger charge is 2.02. The Morgan fingerprint density at radius 3 is 2.94 bits per heavy atom. The average Bonchev–Trinajstić information content (AvgIpc) is 2.86. The molecular weight excluding hydrogens is 236 g/mol. The molecule has 0 bridgehead atoms. The predicted molar refractivity (Wildman–Crippen MR) is 64.9 cm³/mol. The lowest BCUT2D eigenvalue weighted by molar-refractivity contribution is 0.549. The van der Waals surface area contributed by atoms with Gasteiger partial charge < -0.3 is 9.88 Å². The van der Waals surface area contributed by atoms with E-state index < -0.39 is 5.82 Å². The molecule has 0 radical (unpaired) electrons. The molecule has 2 aromatic rings. The van der Waals surface area contributed by atoms with Crippen LogP contribution in [0.4, 0.5) is 8.78 Å². The first kappa shape index (κ1) is 12.7. The molecule has 0 atom stereocenters. The number of benzene rings is 1. The van der Waals surface area contributed by atoms with Gasteiger partial charge >= 0.3 is 0 Å². The molecule has 0 fully saturated rings. The van der Waals surface area contributed by atoms with Gasteiger partial charge in [-0.2, -0.15) is 0 Å². The summed E-state index contributed by atoms with van der Waals surface area (Å²) in [5, 5.41) is 3.09. The van der Waals surface area contributed by atoms with Crippen molar-refractivity contribution in [1.82, 2.24) is 14.9 Å². The van der Waals surface area contributed by atoms with Crippen LogP contribution in [-0.2, 0) is 13.1 Å². The van der Waals surface area contributed by atoms with Gasteiger partial charge in [0.05, 0.1) is 6.33 Å². The van der Waals surface area contributed by atoms with Gasteiger partial charge in [-0.3, -0.25) is 0 Å². The minimum atomic E-state index is -0.411. The Morgan fingerprint density at radius 1 is 1.28 bits per heavy atom. The van der Waals surface area contributed by atoms with Gasteiger partial charge in [0.1, 0.15) is 11.6 Å². The molecule has 0 saturated carbocycles. The van der Waals surface area contributed by atoms with E-state index in [9.17, 15) is 8.78 Å². The fraction of sp³-hybridized carbons (Fsp3) is 0.308. The SMILES string of the molecule is Fc1ccc(F)c(CNCCCn2ccnc2)c1. The van der Waals surface area contributed by atoms with E-state index in [1.807, 2.05) is 10.8 Å². The van der Waals surface area contributed by atoms with E-state index in [0.29, 0.717) is 12.1 Å². The van der Waals surface area contributed by atoms with E-state index >= 15 is 0 Å². The summed E-state index contributed by atoms with van der Waals surface area (Å²) < 4.78 is 28.2. The minimum absolute atomic E-state index is 0.341. The van der Waals surface area contributed by atoms with Crippen LogP contribution in [0.1, 0.15) is 12.0 Å². The number of aromatic nitrogens is 2. The van der Waals surface area contributed by atoms with Crippen LogP contribution < -0.4 is 5.32 Å². The van der Waals surface area contributed by atoms with Gasteiger partial charge in [-0.1, -0.05) is 0 Å². The van der Waals surface area contributed by atoms with E-state index in [4.69, 9.17) is 0 Å². The van der Waals surface area contributed by atoms with E-state index in [0.717, 1.165) is 31.6 Å². The molecule has 1 heterocycles. The molecule has 1 aromatic heterocycles. The normalized spacial score (nSPS) is 10.8. The second-order valence-electron chi connectivity index (χ2n) is 4.07. The third-order valence-corrected chi connectivity index (χ3v) is 2.65. The molecule has 1 aromatic carbocycles. The second-order valence-corrected chi connectivity index (χ2v) is 4.07. The first-order valence-electron chi connectivity index (χ1n) is 5.86. The summed E-state index contributed by atoms with van der Waals surface area (Å²) >= 11 is 0. The van der Waals surface area contributed by atoms with Crippen LogP contribution in [0, 0.1) is 11.6 Å². The zero-order chi connectivity index (χ0) is 12.8. The fourth-order valence-electron chi connectivity index (χ4n) is 1.71. The number of rotatable bonds is 6. The first-order valence-corrected chi connectivity index (χ1v) is 5.86. The van der Waals surface area contributed by atoms with Crippen LogP contribution in [0.15, 0.2) is 36.9 Å². The van der Waals surface area contributed by atoms with Crippen LogP contribution in [0.25, 0.3) is 0 Å². The molecule has 1 N–H and O–H groups in total. The van der Waals surface area contributed by atoms with Crippen molar-refractivity contribution in [3.05, 3.63) is 54.1 Å². The van der Waals surface area contributed by atoms with E-state index in [2.05, 4.69) is 10.3 Å². The smallest absolute Gasteiger partial charge is 0.127 e. The van der Waals surface area contributed by atoms with Crippen LogP contribution in [0.3, 0.4) is 0 Å². The van der Waals surface area contributed by atoms with E-state index in [1.54, 1.807) is 12.5 Å². The number of halogens is 2. The van der Waals surface area contributed by atoms with Gasteiger partial charge in [0.25, 0.3) is 0 Å². The van der Waals surface area contributed by atoms with Gasteiger partial charge in [0.2, 0.25) is 0 Å². The Morgan fingerprint density at radius 2 is 2.17 bits per heavy atom. The molecule has 18 heavy (non-hydrogen) atoms. The fourth-order valence-corrected chi connectivity index (χ4v) is 1.71. The molecular formula is C13H15F2N3. The van der Waals surface area contributed by atoms with Gasteiger partial charge in [-0.05, 0) is 31.2 Å². The maximum atomic E-state index is 13.3. The largest absolute Gasteiger partial charge is 0.337 e. The van der Waals surface area contributed by atoms with Gasteiger partial charge in [0.15, 0.2) is 0 Å². The third-order valence-electron chi connectivity index (χ3n) is 2.65. The molecule has 96 valence electrons. The predicted octanol–water partition coefficient (Wildman–Crippen LogP) is 2.34. The molecule has 0 aliphatic rings. The maximum absolute atomic E-state index is 13.3. The summed E-state index contributed by atoms with van der Waals surface area (Å²) in [4.78, 5) is 3.94. The van der Waals surface area contributed by atoms with Crippen LogP contribution in [0.5, 0.6) is 0 Å². The highest BCUT2D eigenvalue weighted by molar-refractivity contribution is 5.18. The van der Waals surface area contributed by atoms with Crippen molar-refractivity contribution in [2.75, 3.05) is 6.54 Å². The van der Waals surface area contributed by atoms with Crippen LogP contribution in [-0.4, -0.2) is 16.1 Å². The van der Waals surface area contributed by atoms with Gasteiger partial charge in [-0.25, -0.2) is 13.8 Å². The number of imidazole rings is 1. The average molecular weight is 251 g/mol. The number of nitrogens with zero attached hydrogens (tertiary/aromatic N) is 2. The summed E-state index contributed by atoms with van der Waals surface area (Å²) in [6.45, 7) is 1.94. The molecule has 0 spiro atoms. The van der Waals surface area contributed by atoms with E-state index in [1.165, 1.54) is 6.07 Å². The molecule has 0 aliphatic carbocycles. The Kier molecular flexibility index (Phi) is 4.41. The molecule has 0 unspecified atom stereocenters. The van der Waals surface area contributed by atoms with Crippen molar-refractivity contribution in [2.24, 2.45) is 0 Å². The quantitative estimate of drug-likeness (QED) is 0.799. The van der Waals surface area contributed by atoms with Crippen molar-refractivity contribution in [3.8, 4) is 0 Å². The van der Waals surface area contributed by atoms with Gasteiger partial charge in [-0.15, -0.1) is 0 Å². The van der Waals surface area contributed by atoms with Crippen molar-refractivity contribution >= 4 is 0 Å². The highest BCUT2D eigenvalue weighted by Crippen LogP contribution is 2.09. The number of hydrogen-bond donors (Lipinski definition) is 1. The molecule has 2 rings (SSSR count). The lowest BCUT2D eigenvalue weighted by atomic mass is 10.2. The zero-order valence-corrected chi connectivity index (χ0v) is 9.94. The molecule has 0 saturated heterocycles. The highest BCUT2D eigenvalue weighted by atomic mass is 19.1. The molecule has 5 heteroatoms.